The number of hydrogen-bond acceptors (Lipinski definition) is 5. The SMILES string of the molecule is CONC(=O)[C@](C)(Cc1ccc(OC)cc1)N1C(=O)c2ccccc2C1=O. The maximum Gasteiger partial charge on any atom is 0.270 e. The Kier molecular flexibility index (Phi) is 4.96. The van der Waals surface area contributed by atoms with E-state index in [2.05, 4.69) is 5.48 Å². The highest BCUT2D eigenvalue weighted by Crippen LogP contribution is 2.32. The fourth-order valence-electron chi connectivity index (χ4n) is 3.24. The molecule has 1 aliphatic heterocycles. The van der Waals surface area contributed by atoms with Crippen molar-refractivity contribution in [3.8, 4) is 5.75 Å². The summed E-state index contributed by atoms with van der Waals surface area (Å²) in [7, 11) is 2.86. The fraction of sp³-hybridized carbons (Fsp3) is 0.250. The van der Waals surface area contributed by atoms with E-state index in [0.29, 0.717) is 5.75 Å². The Morgan fingerprint density at radius 1 is 1.00 bits per heavy atom. The van der Waals surface area contributed by atoms with Crippen LogP contribution in [0, 0.1) is 0 Å². The van der Waals surface area contributed by atoms with Crippen LogP contribution in [0.4, 0.5) is 0 Å². The van der Waals surface area contributed by atoms with E-state index in [1.165, 1.54) is 7.11 Å². The summed E-state index contributed by atoms with van der Waals surface area (Å²) in [5, 5.41) is 0. The number of benzene rings is 2. The molecule has 1 heterocycles. The molecule has 7 heteroatoms. The summed E-state index contributed by atoms with van der Waals surface area (Å²) < 4.78 is 5.14. The molecule has 3 amide bonds. The van der Waals surface area contributed by atoms with Gasteiger partial charge in [0, 0.05) is 6.42 Å². The van der Waals surface area contributed by atoms with Crippen molar-refractivity contribution in [3.05, 3.63) is 65.2 Å². The van der Waals surface area contributed by atoms with Gasteiger partial charge in [0.2, 0.25) is 0 Å². The van der Waals surface area contributed by atoms with Gasteiger partial charge in [-0.25, -0.2) is 5.48 Å². The van der Waals surface area contributed by atoms with Crippen molar-refractivity contribution in [2.75, 3.05) is 14.2 Å². The number of hydroxylamine groups is 1. The quantitative estimate of drug-likeness (QED) is 0.622. The molecule has 0 saturated heterocycles. The molecule has 1 N–H and O–H groups in total. The maximum absolute atomic E-state index is 12.9. The number of rotatable bonds is 6. The molecule has 1 aliphatic rings. The van der Waals surface area contributed by atoms with Crippen LogP contribution >= 0.6 is 0 Å². The minimum Gasteiger partial charge on any atom is -0.497 e. The van der Waals surface area contributed by atoms with Crippen LogP contribution < -0.4 is 10.2 Å². The Hall–Kier alpha value is -3.19. The number of carbonyl (C=O) groups excluding carboxylic acids is 3. The molecule has 0 fully saturated rings. The van der Waals surface area contributed by atoms with E-state index in [1.807, 2.05) is 0 Å². The second-order valence-electron chi connectivity index (χ2n) is 6.43. The summed E-state index contributed by atoms with van der Waals surface area (Å²) in [6.07, 6.45) is 0.123. The highest BCUT2D eigenvalue weighted by Gasteiger charge is 2.50. The standard InChI is InChI=1S/C20H20N2O5/c1-20(19(25)21-27-3,12-13-8-10-14(26-2)11-9-13)22-17(23)15-6-4-5-7-16(15)18(22)24/h4-11H,12H2,1-3H3,(H,21,25)/t20-/m0/s1. The van der Waals surface area contributed by atoms with E-state index < -0.39 is 23.3 Å². The number of fused-ring (bicyclic) bond motifs is 1. The second-order valence-corrected chi connectivity index (χ2v) is 6.43. The van der Waals surface area contributed by atoms with Crippen LogP contribution in [0.15, 0.2) is 48.5 Å². The van der Waals surface area contributed by atoms with Gasteiger partial charge in [0.05, 0.1) is 25.3 Å². The van der Waals surface area contributed by atoms with Crippen LogP contribution in [-0.2, 0) is 16.1 Å². The summed E-state index contributed by atoms with van der Waals surface area (Å²) in [5.74, 6) is -0.923. The average molecular weight is 368 g/mol. The van der Waals surface area contributed by atoms with Crippen molar-refractivity contribution in [2.45, 2.75) is 18.9 Å². The van der Waals surface area contributed by atoms with Crippen molar-refractivity contribution in [2.24, 2.45) is 0 Å². The number of nitrogens with zero attached hydrogens (tertiary/aromatic N) is 1. The molecule has 27 heavy (non-hydrogen) atoms. The highest BCUT2D eigenvalue weighted by atomic mass is 16.6. The fourth-order valence-corrected chi connectivity index (χ4v) is 3.24. The minimum atomic E-state index is -1.47. The van der Waals surface area contributed by atoms with Gasteiger partial charge in [-0.2, -0.15) is 0 Å². The summed E-state index contributed by atoms with van der Waals surface area (Å²) in [4.78, 5) is 44.4. The summed E-state index contributed by atoms with van der Waals surface area (Å²) in [5.41, 5.74) is 2.13. The number of nitrogens with one attached hydrogen (secondary N) is 1. The zero-order valence-corrected chi connectivity index (χ0v) is 15.3. The zero-order chi connectivity index (χ0) is 19.6. The second kappa shape index (κ2) is 7.20. The number of amides is 3. The van der Waals surface area contributed by atoms with Crippen molar-refractivity contribution < 1.29 is 24.0 Å². The molecular weight excluding hydrogens is 348 g/mol. The lowest BCUT2D eigenvalue weighted by Crippen LogP contribution is -2.60. The third-order valence-electron chi connectivity index (χ3n) is 4.68. The molecule has 0 aromatic heterocycles. The van der Waals surface area contributed by atoms with Gasteiger partial charge in [-0.3, -0.25) is 24.1 Å². The lowest BCUT2D eigenvalue weighted by molar-refractivity contribution is -0.140. The van der Waals surface area contributed by atoms with E-state index >= 15 is 0 Å². The van der Waals surface area contributed by atoms with Crippen LogP contribution in [0.5, 0.6) is 5.75 Å². The lowest BCUT2D eigenvalue weighted by Gasteiger charge is -2.35. The monoisotopic (exact) mass is 368 g/mol. The molecule has 2 aromatic rings. The van der Waals surface area contributed by atoms with Gasteiger partial charge in [-0.05, 0) is 36.8 Å². The smallest absolute Gasteiger partial charge is 0.270 e. The Morgan fingerprint density at radius 3 is 2.04 bits per heavy atom. The largest absolute Gasteiger partial charge is 0.497 e. The molecule has 140 valence electrons. The van der Waals surface area contributed by atoms with Gasteiger partial charge in [-0.1, -0.05) is 24.3 Å². The molecule has 0 bridgehead atoms. The van der Waals surface area contributed by atoms with Crippen molar-refractivity contribution in [1.29, 1.82) is 0 Å². The van der Waals surface area contributed by atoms with Crippen molar-refractivity contribution >= 4 is 17.7 Å². The molecule has 3 rings (SSSR count). The first-order chi connectivity index (χ1) is 12.9. The molecule has 7 nitrogen and oxygen atoms in total. The van der Waals surface area contributed by atoms with E-state index in [-0.39, 0.29) is 17.5 Å². The molecule has 0 radical (unpaired) electrons. The van der Waals surface area contributed by atoms with Crippen LogP contribution in [0.25, 0.3) is 0 Å². The van der Waals surface area contributed by atoms with Gasteiger partial charge in [-0.15, -0.1) is 0 Å². The first-order valence-corrected chi connectivity index (χ1v) is 8.36. The Balaban J connectivity index is 2.02. The van der Waals surface area contributed by atoms with Gasteiger partial charge in [0.1, 0.15) is 11.3 Å². The molecule has 0 saturated carbocycles. The minimum absolute atomic E-state index is 0.123. The Morgan fingerprint density at radius 2 is 1.56 bits per heavy atom. The molecule has 0 spiro atoms. The topological polar surface area (TPSA) is 84.9 Å². The van der Waals surface area contributed by atoms with Gasteiger partial charge < -0.3 is 4.74 Å². The predicted molar refractivity (Wildman–Crippen MR) is 97.2 cm³/mol. The maximum atomic E-state index is 12.9. The molecular formula is C20H20N2O5. The molecule has 0 unspecified atom stereocenters. The average Bonchev–Trinajstić information content (AvgIpc) is 2.94. The summed E-state index contributed by atoms with van der Waals surface area (Å²) in [6, 6.07) is 13.6. The number of ether oxygens (including phenoxy) is 1. The Labute approximate surface area is 156 Å². The predicted octanol–water partition coefficient (Wildman–Crippen LogP) is 1.97. The van der Waals surface area contributed by atoms with Gasteiger partial charge in [0.15, 0.2) is 0 Å². The van der Waals surface area contributed by atoms with E-state index in [9.17, 15) is 14.4 Å². The van der Waals surface area contributed by atoms with E-state index in [1.54, 1.807) is 62.6 Å². The number of imide groups is 1. The van der Waals surface area contributed by atoms with Crippen LogP contribution in [-0.4, -0.2) is 42.4 Å². The third-order valence-corrected chi connectivity index (χ3v) is 4.68. The van der Waals surface area contributed by atoms with Crippen LogP contribution in [0.2, 0.25) is 0 Å². The Bertz CT molecular complexity index is 859. The van der Waals surface area contributed by atoms with E-state index in [0.717, 1.165) is 10.5 Å². The normalized spacial score (nSPS) is 15.3. The van der Waals surface area contributed by atoms with Gasteiger partial charge >= 0.3 is 0 Å². The van der Waals surface area contributed by atoms with Gasteiger partial charge in [0.25, 0.3) is 17.7 Å². The van der Waals surface area contributed by atoms with Crippen molar-refractivity contribution in [3.63, 3.8) is 0 Å². The first kappa shape index (κ1) is 18.6. The van der Waals surface area contributed by atoms with Crippen molar-refractivity contribution in [1.82, 2.24) is 10.4 Å². The summed E-state index contributed by atoms with van der Waals surface area (Å²) in [6.45, 7) is 1.55. The van der Waals surface area contributed by atoms with Crippen LogP contribution in [0.1, 0.15) is 33.2 Å². The number of methoxy groups -OCH3 is 1. The lowest BCUT2D eigenvalue weighted by atomic mass is 9.90. The summed E-state index contributed by atoms with van der Waals surface area (Å²) >= 11 is 0. The molecule has 0 aliphatic carbocycles. The number of hydrogen-bond donors (Lipinski definition) is 1. The zero-order valence-electron chi connectivity index (χ0n) is 15.3. The number of carbonyl (C=O) groups is 3. The highest BCUT2D eigenvalue weighted by molar-refractivity contribution is 6.23. The van der Waals surface area contributed by atoms with Crippen LogP contribution in [0.3, 0.4) is 0 Å². The van der Waals surface area contributed by atoms with E-state index in [4.69, 9.17) is 9.57 Å². The molecule has 2 aromatic carbocycles. The molecule has 1 atom stereocenters. The first-order valence-electron chi connectivity index (χ1n) is 8.36. The third kappa shape index (κ3) is 3.17.